The lowest BCUT2D eigenvalue weighted by molar-refractivity contribution is -0.127. The average molecular weight is 293 g/mol. The Morgan fingerprint density at radius 1 is 0.950 bits per heavy atom. The van der Waals surface area contributed by atoms with Gasteiger partial charge in [0.1, 0.15) is 26.8 Å². The highest BCUT2D eigenvalue weighted by molar-refractivity contribution is 5.81. The molecule has 9 heteroatoms. The largest absolute Gasteiger partial charge is 0.371 e. The topological polar surface area (TPSA) is 151 Å². The van der Waals surface area contributed by atoms with Crippen LogP contribution in [0.25, 0.3) is 0 Å². The van der Waals surface area contributed by atoms with Crippen LogP contribution in [0, 0.1) is 0 Å². The first-order valence-corrected chi connectivity index (χ1v) is 5.15. The van der Waals surface area contributed by atoms with E-state index in [4.69, 9.17) is 30.6 Å². The van der Waals surface area contributed by atoms with E-state index in [1.807, 2.05) is 19.0 Å². The first-order valence-electron chi connectivity index (χ1n) is 5.15. The van der Waals surface area contributed by atoms with E-state index in [0.29, 0.717) is 0 Å². The van der Waals surface area contributed by atoms with Crippen molar-refractivity contribution in [1.82, 2.24) is 5.43 Å². The number of rotatable bonds is 8. The summed E-state index contributed by atoms with van der Waals surface area (Å²) < 4.78 is 9.73. The van der Waals surface area contributed by atoms with E-state index in [1.54, 1.807) is 0 Å². The molecule has 0 saturated carbocycles. The van der Waals surface area contributed by atoms with E-state index < -0.39 is 5.91 Å². The van der Waals surface area contributed by atoms with Gasteiger partial charge in [0.05, 0.1) is 19.8 Å². The minimum absolute atomic E-state index is 0.0249. The van der Waals surface area contributed by atoms with E-state index >= 15 is 0 Å². The van der Waals surface area contributed by atoms with Crippen LogP contribution in [0.2, 0.25) is 0 Å². The lowest BCUT2D eigenvalue weighted by Crippen LogP contribution is -2.33. The van der Waals surface area contributed by atoms with E-state index in [2.05, 4.69) is 13.2 Å². The molecule has 0 saturated heterocycles. The molecule has 0 bridgehead atoms. The molecule has 118 valence electrons. The Hall–Kier alpha value is -1.94. The molecule has 0 spiro atoms. The Morgan fingerprint density at radius 3 is 1.70 bits per heavy atom. The number of hydrogen-bond acceptors (Lipinski definition) is 8. The van der Waals surface area contributed by atoms with Crippen LogP contribution in [0.5, 0.6) is 0 Å². The number of nitrogens with one attached hydrogen (secondary N) is 1. The Morgan fingerprint density at radius 2 is 1.35 bits per heavy atom. The zero-order chi connectivity index (χ0) is 16.8. The summed E-state index contributed by atoms with van der Waals surface area (Å²) >= 11 is 0. The number of ether oxygens (including phenoxy) is 2. The van der Waals surface area contributed by atoms with Crippen LogP contribution in [0.3, 0.4) is 0 Å². The Labute approximate surface area is 118 Å². The third-order valence-corrected chi connectivity index (χ3v) is 1.26. The Balaban J connectivity index is -0.000000187. The fourth-order valence-electron chi connectivity index (χ4n) is 0.569. The summed E-state index contributed by atoms with van der Waals surface area (Å²) in [7, 11) is 0. The number of carbonyl (C=O) groups is 4. The van der Waals surface area contributed by atoms with Gasteiger partial charge in [-0.25, -0.2) is 5.84 Å². The summed E-state index contributed by atoms with van der Waals surface area (Å²) in [6, 6.07) is 0. The molecule has 0 aliphatic rings. The maximum atomic E-state index is 10.6. The molecule has 0 rings (SSSR count). The van der Waals surface area contributed by atoms with Crippen molar-refractivity contribution < 1.29 is 28.7 Å². The lowest BCUT2D eigenvalue weighted by Gasteiger charge is -2.03. The van der Waals surface area contributed by atoms with Gasteiger partial charge in [-0.15, -0.1) is 13.2 Å². The second-order valence-corrected chi connectivity index (χ2v) is 2.42. The fourth-order valence-corrected chi connectivity index (χ4v) is 0.569. The third-order valence-electron chi connectivity index (χ3n) is 1.26. The molecule has 20 heavy (non-hydrogen) atoms. The Bertz CT molecular complexity index is 203. The number of ketones is 1. The molecular weight excluding hydrogens is 270 g/mol. The minimum Gasteiger partial charge on any atom is -0.371 e. The summed E-state index contributed by atoms with van der Waals surface area (Å²) in [5.41, 5.74) is 6.95. The minimum atomic E-state index is -0.414. The van der Waals surface area contributed by atoms with Gasteiger partial charge < -0.3 is 24.8 Å². The summed E-state index contributed by atoms with van der Waals surface area (Å²) in [4.78, 5) is 37.2. The number of nitrogens with two attached hydrogens (primary N) is 2. The third kappa shape index (κ3) is 29.8. The fraction of sp³-hybridized carbons (Fsp3) is 0.455. The summed E-state index contributed by atoms with van der Waals surface area (Å²) in [5, 5.41) is 0. The summed E-state index contributed by atoms with van der Waals surface area (Å²) in [6.45, 7) is 10.3. The first kappa shape index (κ1) is 26.6. The van der Waals surface area contributed by atoms with Crippen LogP contribution in [-0.4, -0.2) is 58.2 Å². The maximum Gasteiger partial charge on any atom is 0.259 e. The molecule has 0 radical (unpaired) electrons. The van der Waals surface area contributed by atoms with E-state index in [9.17, 15) is 9.59 Å². The van der Waals surface area contributed by atoms with Crippen molar-refractivity contribution in [2.75, 3.05) is 33.0 Å². The molecule has 9 nitrogen and oxygen atoms in total. The molecule has 0 aliphatic heterocycles. The van der Waals surface area contributed by atoms with Gasteiger partial charge in [0.2, 0.25) is 0 Å². The number of hydrogen-bond donors (Lipinski definition) is 3. The molecule has 1 amide bonds. The number of amides is 1. The van der Waals surface area contributed by atoms with E-state index in [1.165, 1.54) is 0 Å². The van der Waals surface area contributed by atoms with Gasteiger partial charge in [0, 0.05) is 0 Å². The van der Waals surface area contributed by atoms with Gasteiger partial charge in [0.15, 0.2) is 5.78 Å². The zero-order valence-electron chi connectivity index (χ0n) is 11.5. The maximum absolute atomic E-state index is 10.6. The molecule has 0 aromatic carbocycles. The highest BCUT2D eigenvalue weighted by atomic mass is 16.5. The van der Waals surface area contributed by atoms with Gasteiger partial charge in [0.25, 0.3) is 5.91 Å². The van der Waals surface area contributed by atoms with Crippen molar-refractivity contribution in [1.29, 1.82) is 0 Å². The van der Waals surface area contributed by atoms with Crippen molar-refractivity contribution in [2.24, 2.45) is 11.6 Å². The van der Waals surface area contributed by atoms with Crippen molar-refractivity contribution in [3.8, 4) is 0 Å². The first-order chi connectivity index (χ1) is 9.70. The van der Waals surface area contributed by atoms with Crippen molar-refractivity contribution in [3.05, 3.63) is 13.2 Å². The van der Waals surface area contributed by atoms with Gasteiger partial charge in [-0.1, -0.05) is 0 Å². The molecule has 0 aromatic rings. The molecule has 0 unspecified atom stereocenters. The van der Waals surface area contributed by atoms with Gasteiger partial charge >= 0.3 is 0 Å². The number of carbonyl (C=O) groups excluding carboxylic acids is 4. The molecule has 0 heterocycles. The van der Waals surface area contributed by atoms with Crippen LogP contribution in [0.4, 0.5) is 0 Å². The van der Waals surface area contributed by atoms with Crippen molar-refractivity contribution in [2.45, 2.75) is 0 Å². The second-order valence-electron chi connectivity index (χ2n) is 2.42. The van der Waals surface area contributed by atoms with E-state index in [0.717, 1.165) is 0 Å². The highest BCUT2D eigenvalue weighted by Crippen LogP contribution is 1.79. The monoisotopic (exact) mass is 293 g/mol. The zero-order valence-corrected chi connectivity index (χ0v) is 11.5. The SMILES string of the molecule is C=C.C=O.C=O.NCC(=O)COCCOCC(=O)NN. The van der Waals surface area contributed by atoms with Crippen LogP contribution in [-0.2, 0) is 28.7 Å². The summed E-state index contributed by atoms with van der Waals surface area (Å²) in [6.07, 6.45) is 0. The molecule has 0 aromatic heterocycles. The van der Waals surface area contributed by atoms with Gasteiger partial charge in [-0.2, -0.15) is 0 Å². The van der Waals surface area contributed by atoms with E-state index in [-0.39, 0.29) is 38.8 Å². The average Bonchev–Trinajstić information content (AvgIpc) is 2.55. The van der Waals surface area contributed by atoms with Crippen LogP contribution in [0.1, 0.15) is 0 Å². The van der Waals surface area contributed by atoms with Gasteiger partial charge in [-0.05, 0) is 0 Å². The van der Waals surface area contributed by atoms with Crippen LogP contribution < -0.4 is 17.0 Å². The molecule has 5 N–H and O–H groups in total. The van der Waals surface area contributed by atoms with Gasteiger partial charge in [-0.3, -0.25) is 15.0 Å². The normalized spacial score (nSPS) is 7.50. The second kappa shape index (κ2) is 30.3. The van der Waals surface area contributed by atoms with Crippen LogP contribution in [0.15, 0.2) is 13.2 Å². The molecule has 0 atom stereocenters. The van der Waals surface area contributed by atoms with Crippen LogP contribution >= 0.6 is 0 Å². The number of Topliss-reactive ketones (excluding diaryl/α,β-unsaturated/α-hetero) is 1. The molecule has 0 fully saturated rings. The quantitative estimate of drug-likeness (QED) is 0.152. The summed E-state index contributed by atoms with van der Waals surface area (Å²) in [5.74, 6) is 4.21. The predicted octanol–water partition coefficient (Wildman–Crippen LogP) is -2.03. The lowest BCUT2D eigenvalue weighted by atomic mass is 10.4. The Kier molecular flexibility index (Phi) is 40.2. The highest BCUT2D eigenvalue weighted by Gasteiger charge is 1.99. The molecule has 0 aliphatic carbocycles. The predicted molar refractivity (Wildman–Crippen MR) is 73.5 cm³/mol. The standard InChI is InChI=1S/C7H15N3O4.C2H4.2CH2O/c8-3-6(11)4-13-1-2-14-5-7(12)10-9;3*1-2/h1-5,8-9H2,(H,10,12);1-2H2;2*1H2. The molecular formula is C11H23N3O6. The smallest absolute Gasteiger partial charge is 0.259 e. The van der Waals surface area contributed by atoms with Crippen molar-refractivity contribution >= 4 is 25.3 Å². The van der Waals surface area contributed by atoms with Crippen molar-refractivity contribution in [3.63, 3.8) is 0 Å². The number of hydrazine groups is 1.